The highest BCUT2D eigenvalue weighted by Gasteiger charge is 2.02. The number of carboxylic acid groups (broad SMARTS) is 1. The van der Waals surface area contributed by atoms with Crippen LogP contribution in [-0.2, 0) is 9.59 Å². The summed E-state index contributed by atoms with van der Waals surface area (Å²) in [4.78, 5) is 22.3. The summed E-state index contributed by atoms with van der Waals surface area (Å²) in [6.07, 6.45) is 24.8. The van der Waals surface area contributed by atoms with E-state index >= 15 is 0 Å². The van der Waals surface area contributed by atoms with Gasteiger partial charge in [0.15, 0.2) is 0 Å². The van der Waals surface area contributed by atoms with Gasteiger partial charge in [0.1, 0.15) is 5.78 Å². The summed E-state index contributed by atoms with van der Waals surface area (Å²) in [6, 6.07) is 0. The van der Waals surface area contributed by atoms with Gasteiger partial charge in [-0.25, -0.2) is 0 Å². The zero-order chi connectivity index (χ0) is 21.4. The predicted octanol–water partition coefficient (Wildman–Crippen LogP) is 7.18. The molecule has 4 heteroatoms. The number of rotatable bonds is 24. The molecule has 0 aromatic rings. The van der Waals surface area contributed by atoms with Gasteiger partial charge in [0.2, 0.25) is 0 Å². The number of carboxylic acids is 1. The van der Waals surface area contributed by atoms with Crippen LogP contribution in [0.1, 0.15) is 141 Å². The van der Waals surface area contributed by atoms with E-state index in [4.69, 9.17) is 10.8 Å². The maximum Gasteiger partial charge on any atom is 0.303 e. The minimum absolute atomic E-state index is 0.314. The van der Waals surface area contributed by atoms with Gasteiger partial charge >= 0.3 is 5.97 Å². The van der Waals surface area contributed by atoms with Crippen LogP contribution in [0.3, 0.4) is 0 Å². The molecule has 0 aromatic heterocycles. The molecule has 4 nitrogen and oxygen atoms in total. The molecule has 0 saturated heterocycles. The topological polar surface area (TPSA) is 80.4 Å². The van der Waals surface area contributed by atoms with Crippen LogP contribution in [0.2, 0.25) is 0 Å². The van der Waals surface area contributed by atoms with Gasteiger partial charge in [-0.3, -0.25) is 9.59 Å². The van der Waals surface area contributed by atoms with Crippen LogP contribution in [0.15, 0.2) is 0 Å². The normalized spacial score (nSPS) is 11.1. The van der Waals surface area contributed by atoms with E-state index in [-0.39, 0.29) is 0 Å². The molecule has 0 bridgehead atoms. The highest BCUT2D eigenvalue weighted by Crippen LogP contribution is 2.14. The van der Waals surface area contributed by atoms with Gasteiger partial charge < -0.3 is 10.8 Å². The Labute approximate surface area is 180 Å². The molecule has 0 heterocycles. The molecule has 0 aromatic carbocycles. The molecule has 0 aliphatic rings. The van der Waals surface area contributed by atoms with Crippen LogP contribution in [0.25, 0.3) is 0 Å². The maximum absolute atomic E-state index is 11.9. The monoisotopic (exact) mass is 411 g/mol. The van der Waals surface area contributed by atoms with Crippen molar-refractivity contribution in [2.75, 3.05) is 6.54 Å². The van der Waals surface area contributed by atoms with Crippen molar-refractivity contribution in [1.29, 1.82) is 0 Å². The van der Waals surface area contributed by atoms with Crippen molar-refractivity contribution in [3.63, 3.8) is 0 Å². The average molecular weight is 412 g/mol. The molecule has 0 saturated carbocycles. The van der Waals surface area contributed by atoms with Crippen molar-refractivity contribution in [1.82, 2.24) is 0 Å². The summed E-state index contributed by atoms with van der Waals surface area (Å²) in [6.45, 7) is 0.826. The summed E-state index contributed by atoms with van der Waals surface area (Å²) in [7, 11) is 0. The second-order valence-corrected chi connectivity index (χ2v) is 8.69. The quantitative estimate of drug-likeness (QED) is 0.165. The van der Waals surface area contributed by atoms with Crippen molar-refractivity contribution in [3.8, 4) is 0 Å². The minimum atomic E-state index is -0.677. The van der Waals surface area contributed by atoms with E-state index in [2.05, 4.69) is 0 Å². The first kappa shape index (κ1) is 28.1. The molecule has 0 rings (SSSR count). The van der Waals surface area contributed by atoms with Crippen LogP contribution in [0.5, 0.6) is 0 Å². The van der Waals surface area contributed by atoms with Crippen molar-refractivity contribution >= 4 is 11.8 Å². The molecular weight excluding hydrogens is 362 g/mol. The molecule has 0 aliphatic heterocycles. The van der Waals surface area contributed by atoms with Gasteiger partial charge in [0.25, 0.3) is 0 Å². The minimum Gasteiger partial charge on any atom is -0.481 e. The third-order valence-corrected chi connectivity index (χ3v) is 5.76. The molecule has 172 valence electrons. The zero-order valence-electron chi connectivity index (χ0n) is 19.1. The number of hydrogen-bond acceptors (Lipinski definition) is 3. The molecule has 0 unspecified atom stereocenters. The first-order valence-corrected chi connectivity index (χ1v) is 12.6. The average Bonchev–Trinajstić information content (AvgIpc) is 2.70. The van der Waals surface area contributed by atoms with E-state index in [0.717, 1.165) is 51.5 Å². The van der Waals surface area contributed by atoms with E-state index in [0.29, 0.717) is 12.2 Å². The Kier molecular flexibility index (Phi) is 22.7. The van der Waals surface area contributed by atoms with Crippen molar-refractivity contribution in [2.45, 2.75) is 141 Å². The predicted molar refractivity (Wildman–Crippen MR) is 123 cm³/mol. The Morgan fingerprint density at radius 1 is 0.448 bits per heavy atom. The number of Topliss-reactive ketones (excluding diaryl/α,β-unsaturated/α-hetero) is 1. The lowest BCUT2D eigenvalue weighted by molar-refractivity contribution is -0.137. The molecular formula is C25H49NO3. The number of unbranched alkanes of at least 4 members (excludes halogenated alkanes) is 17. The van der Waals surface area contributed by atoms with E-state index in [9.17, 15) is 9.59 Å². The fourth-order valence-corrected chi connectivity index (χ4v) is 3.84. The van der Waals surface area contributed by atoms with Gasteiger partial charge in [-0.15, -0.1) is 0 Å². The Hall–Kier alpha value is -0.900. The Morgan fingerprint density at radius 3 is 1.03 bits per heavy atom. The van der Waals surface area contributed by atoms with E-state index in [1.165, 1.54) is 89.9 Å². The zero-order valence-corrected chi connectivity index (χ0v) is 19.1. The van der Waals surface area contributed by atoms with Crippen LogP contribution in [-0.4, -0.2) is 23.4 Å². The molecule has 0 radical (unpaired) electrons. The van der Waals surface area contributed by atoms with E-state index in [1.54, 1.807) is 0 Å². The van der Waals surface area contributed by atoms with Crippen LogP contribution < -0.4 is 5.73 Å². The molecule has 0 atom stereocenters. The molecule has 0 aliphatic carbocycles. The van der Waals surface area contributed by atoms with E-state index < -0.39 is 5.97 Å². The summed E-state index contributed by atoms with van der Waals surface area (Å²) in [5.74, 6) is -0.211. The Balaban J connectivity index is 3.16. The smallest absolute Gasteiger partial charge is 0.303 e. The molecule has 3 N–H and O–H groups in total. The number of ketones is 1. The lowest BCUT2D eigenvalue weighted by Gasteiger charge is -2.04. The Bertz CT molecular complexity index is 371. The molecule has 0 spiro atoms. The molecule has 0 fully saturated rings. The van der Waals surface area contributed by atoms with Crippen LogP contribution >= 0.6 is 0 Å². The number of carbonyl (C=O) groups is 2. The summed E-state index contributed by atoms with van der Waals surface area (Å²) in [5.41, 5.74) is 5.49. The van der Waals surface area contributed by atoms with Crippen molar-refractivity contribution in [2.24, 2.45) is 5.73 Å². The second-order valence-electron chi connectivity index (χ2n) is 8.69. The lowest BCUT2D eigenvalue weighted by Crippen LogP contribution is -1.98. The first-order valence-electron chi connectivity index (χ1n) is 12.6. The fourth-order valence-electron chi connectivity index (χ4n) is 3.84. The number of nitrogens with two attached hydrogens (primary N) is 1. The third-order valence-electron chi connectivity index (χ3n) is 5.76. The molecule has 0 amide bonds. The standard InChI is InChI=1S/C25H49NO3/c26-23-19-15-11-7-3-5-9-13-17-21-24(27)20-16-12-8-4-1-2-6-10-14-18-22-25(28)29/h1-23,26H2,(H,28,29). The number of hydrogen-bond donors (Lipinski definition) is 2. The van der Waals surface area contributed by atoms with Gasteiger partial charge in [-0.1, -0.05) is 96.3 Å². The van der Waals surface area contributed by atoms with Gasteiger partial charge in [-0.2, -0.15) is 0 Å². The summed E-state index contributed by atoms with van der Waals surface area (Å²) in [5, 5.41) is 8.58. The fraction of sp³-hybridized carbons (Fsp3) is 0.920. The summed E-state index contributed by atoms with van der Waals surface area (Å²) < 4.78 is 0. The third kappa shape index (κ3) is 25.1. The van der Waals surface area contributed by atoms with Gasteiger partial charge in [0.05, 0.1) is 0 Å². The molecule has 29 heavy (non-hydrogen) atoms. The SMILES string of the molecule is NCCCCCCCCCCCC(=O)CCCCCCCCCCCCC(=O)O. The van der Waals surface area contributed by atoms with Crippen molar-refractivity contribution in [3.05, 3.63) is 0 Å². The van der Waals surface area contributed by atoms with Crippen molar-refractivity contribution < 1.29 is 14.7 Å². The number of carbonyl (C=O) groups excluding carboxylic acids is 1. The van der Waals surface area contributed by atoms with E-state index in [1.807, 2.05) is 0 Å². The largest absolute Gasteiger partial charge is 0.481 e. The van der Waals surface area contributed by atoms with Crippen LogP contribution in [0, 0.1) is 0 Å². The van der Waals surface area contributed by atoms with Gasteiger partial charge in [0, 0.05) is 19.3 Å². The lowest BCUT2D eigenvalue weighted by atomic mass is 10.0. The second kappa shape index (κ2) is 23.4. The first-order chi connectivity index (χ1) is 14.2. The van der Waals surface area contributed by atoms with Gasteiger partial charge in [-0.05, 0) is 32.2 Å². The highest BCUT2D eigenvalue weighted by atomic mass is 16.4. The maximum atomic E-state index is 11.9. The highest BCUT2D eigenvalue weighted by molar-refractivity contribution is 5.78. The Morgan fingerprint density at radius 2 is 0.724 bits per heavy atom. The number of aliphatic carboxylic acids is 1. The summed E-state index contributed by atoms with van der Waals surface area (Å²) >= 11 is 0. The van der Waals surface area contributed by atoms with Crippen LogP contribution in [0.4, 0.5) is 0 Å².